The maximum atomic E-state index is 17.2. The van der Waals surface area contributed by atoms with E-state index in [0.29, 0.717) is 28.6 Å². The van der Waals surface area contributed by atoms with E-state index >= 15 is 13.2 Å². The van der Waals surface area contributed by atoms with Crippen LogP contribution in [0.1, 0.15) is 43.0 Å². The summed E-state index contributed by atoms with van der Waals surface area (Å²) in [6.07, 6.45) is 4.94. The average Bonchev–Trinajstić information content (AvgIpc) is 3.68. The van der Waals surface area contributed by atoms with Gasteiger partial charge in [-0.2, -0.15) is 0 Å². The Morgan fingerprint density at radius 1 is 0.759 bits per heavy atom. The van der Waals surface area contributed by atoms with Crippen molar-refractivity contribution in [2.24, 2.45) is 4.99 Å². The topological polar surface area (TPSA) is 82.8 Å². The van der Waals surface area contributed by atoms with Gasteiger partial charge in [0.2, 0.25) is 0 Å². The maximum Gasteiger partial charge on any atom is 0.304 e. The highest BCUT2D eigenvalue weighted by atomic mass is 19.3. The van der Waals surface area contributed by atoms with Crippen molar-refractivity contribution in [3.8, 4) is 28.6 Å². The molecule has 0 fully saturated rings. The van der Waals surface area contributed by atoms with Gasteiger partial charge in [-0.25, -0.2) is 23.1 Å². The van der Waals surface area contributed by atoms with E-state index in [9.17, 15) is 0 Å². The minimum atomic E-state index is -3.72. The number of hydrogen-bond donors (Lipinski definition) is 1. The third-order valence-electron chi connectivity index (χ3n) is 10.2. The second kappa shape index (κ2) is 14.1. The molecule has 8 nitrogen and oxygen atoms in total. The fraction of sp³-hybridized carbons (Fsp3) is 0.233. The highest BCUT2D eigenvalue weighted by Crippen LogP contribution is 2.51. The summed E-state index contributed by atoms with van der Waals surface area (Å²) in [6, 6.07) is 34.1. The Balaban J connectivity index is 1.42. The first-order chi connectivity index (χ1) is 25.9. The van der Waals surface area contributed by atoms with Gasteiger partial charge in [0.1, 0.15) is 53.0 Å². The molecule has 0 bridgehead atoms. The third-order valence-corrected chi connectivity index (χ3v) is 10.2. The Bertz CT molecular complexity index is 2210. The summed E-state index contributed by atoms with van der Waals surface area (Å²) in [4.78, 5) is 13.7. The molecule has 276 valence electrons. The Labute approximate surface area is 312 Å². The molecule has 0 saturated carbocycles. The Morgan fingerprint density at radius 2 is 1.37 bits per heavy atom. The van der Waals surface area contributed by atoms with Crippen LogP contribution in [0.4, 0.5) is 13.2 Å². The molecule has 0 radical (unpaired) electrons. The van der Waals surface area contributed by atoms with Crippen LogP contribution >= 0.6 is 0 Å². The van der Waals surface area contributed by atoms with E-state index in [4.69, 9.17) is 19.2 Å². The molecule has 7 rings (SSSR count). The highest BCUT2D eigenvalue weighted by molar-refractivity contribution is 5.87. The summed E-state index contributed by atoms with van der Waals surface area (Å²) >= 11 is 0. The fourth-order valence-corrected chi connectivity index (χ4v) is 7.06. The lowest BCUT2D eigenvalue weighted by Gasteiger charge is -2.42. The number of rotatable bonds is 9. The number of nitrogens with one attached hydrogen (secondary N) is 1. The molecular formula is C43H40F3N5O3. The molecule has 1 atom stereocenters. The summed E-state index contributed by atoms with van der Waals surface area (Å²) in [7, 11) is 3.17. The molecule has 1 aliphatic rings. The van der Waals surface area contributed by atoms with Crippen LogP contribution in [0, 0.1) is 5.82 Å². The van der Waals surface area contributed by atoms with Crippen molar-refractivity contribution < 1.29 is 27.4 Å². The zero-order chi connectivity index (χ0) is 38.1. The van der Waals surface area contributed by atoms with Crippen LogP contribution in [-0.4, -0.2) is 52.7 Å². The summed E-state index contributed by atoms with van der Waals surface area (Å²) in [6.45, 7) is 3.54. The minimum absolute atomic E-state index is 0.0856. The largest absolute Gasteiger partial charge is 0.497 e. The van der Waals surface area contributed by atoms with E-state index in [-0.39, 0.29) is 18.0 Å². The van der Waals surface area contributed by atoms with Gasteiger partial charge >= 0.3 is 5.92 Å². The standard InChI is InChI=1S/C43H40F3N5O3/c1-40(2)43(45,46)41(3,35-25-29(14-23-36(35)44)37-26-51(28-48-37)39-13-9-10-24-47-39)49-38(27-54-40)50-42(30-11-7-6-8-12-30,31-15-19-33(52-4)20-16-31)32-17-21-34(53-5)22-18-32/h6-26,28H,27H2,1-5H3,(H,49,50)/t41-/m1/s1. The molecule has 0 amide bonds. The van der Waals surface area contributed by atoms with E-state index in [1.165, 1.54) is 39.0 Å². The molecule has 1 N–H and O–H groups in total. The van der Waals surface area contributed by atoms with Gasteiger partial charge in [0.05, 0.1) is 19.9 Å². The molecule has 11 heteroatoms. The second-order valence-electron chi connectivity index (χ2n) is 13.8. The number of amidine groups is 1. The van der Waals surface area contributed by atoms with Crippen molar-refractivity contribution in [2.75, 3.05) is 20.8 Å². The predicted molar refractivity (Wildman–Crippen MR) is 202 cm³/mol. The van der Waals surface area contributed by atoms with Crippen molar-refractivity contribution in [2.45, 2.75) is 43.4 Å². The van der Waals surface area contributed by atoms with Gasteiger partial charge in [-0.3, -0.25) is 9.56 Å². The number of ether oxygens (including phenoxy) is 3. The lowest BCUT2D eigenvalue weighted by Crippen LogP contribution is -2.56. The number of halogens is 3. The van der Waals surface area contributed by atoms with Crippen LogP contribution < -0.4 is 14.8 Å². The first kappa shape index (κ1) is 36.4. The SMILES string of the molecule is COc1ccc(C(NC2=N[C@](C)(c3cc(-c4cn(-c5ccccn5)cn4)ccc3F)C(F)(F)C(C)(C)OC2)(c2ccccc2)c2ccc(OC)cc2)cc1. The van der Waals surface area contributed by atoms with Gasteiger partial charge in [0.15, 0.2) is 5.54 Å². The van der Waals surface area contributed by atoms with E-state index < -0.39 is 28.4 Å². The zero-order valence-electron chi connectivity index (χ0n) is 30.6. The molecule has 3 heterocycles. The molecule has 0 aliphatic carbocycles. The molecule has 6 aromatic rings. The summed E-state index contributed by atoms with van der Waals surface area (Å²) < 4.78 is 69.3. The Hall–Kier alpha value is -5.94. The van der Waals surface area contributed by atoms with Gasteiger partial charge in [-0.05, 0) is 92.1 Å². The van der Waals surface area contributed by atoms with Crippen LogP contribution in [-0.2, 0) is 15.8 Å². The smallest absolute Gasteiger partial charge is 0.304 e. The van der Waals surface area contributed by atoms with Crippen LogP contribution in [0.5, 0.6) is 11.5 Å². The maximum absolute atomic E-state index is 17.2. The van der Waals surface area contributed by atoms with Gasteiger partial charge < -0.3 is 19.5 Å². The summed E-state index contributed by atoms with van der Waals surface area (Å²) in [5.41, 5.74) is -2.86. The van der Waals surface area contributed by atoms with E-state index in [1.807, 2.05) is 91.0 Å². The van der Waals surface area contributed by atoms with Gasteiger partial charge in [-0.1, -0.05) is 60.7 Å². The average molecular weight is 732 g/mol. The first-order valence-electron chi connectivity index (χ1n) is 17.4. The van der Waals surface area contributed by atoms with Gasteiger partial charge in [0.25, 0.3) is 0 Å². The molecular weight excluding hydrogens is 691 g/mol. The summed E-state index contributed by atoms with van der Waals surface area (Å²) in [5.74, 6) is -2.57. The van der Waals surface area contributed by atoms with Crippen LogP contribution in [0.15, 0.2) is 139 Å². The molecule has 54 heavy (non-hydrogen) atoms. The van der Waals surface area contributed by atoms with E-state index in [2.05, 4.69) is 15.3 Å². The minimum Gasteiger partial charge on any atom is -0.497 e. The van der Waals surface area contributed by atoms with Crippen LogP contribution in [0.2, 0.25) is 0 Å². The molecule has 0 spiro atoms. The van der Waals surface area contributed by atoms with Gasteiger partial charge in [0, 0.05) is 23.5 Å². The first-order valence-corrected chi connectivity index (χ1v) is 17.4. The predicted octanol–water partition coefficient (Wildman–Crippen LogP) is 8.73. The summed E-state index contributed by atoms with van der Waals surface area (Å²) in [5, 5.41) is 3.59. The van der Waals surface area contributed by atoms with Crippen molar-refractivity contribution in [3.05, 3.63) is 162 Å². The quantitative estimate of drug-likeness (QED) is 0.150. The number of nitrogens with zero attached hydrogens (tertiary/aromatic N) is 4. The van der Waals surface area contributed by atoms with Crippen LogP contribution in [0.3, 0.4) is 0 Å². The van der Waals surface area contributed by atoms with E-state index in [1.54, 1.807) is 43.6 Å². The number of pyridine rings is 1. The van der Waals surface area contributed by atoms with Crippen molar-refractivity contribution >= 4 is 5.84 Å². The third kappa shape index (κ3) is 6.28. The number of hydrogen-bond acceptors (Lipinski definition) is 7. The molecule has 1 aliphatic heterocycles. The lowest BCUT2D eigenvalue weighted by atomic mass is 9.76. The van der Waals surface area contributed by atoms with Crippen molar-refractivity contribution in [3.63, 3.8) is 0 Å². The Morgan fingerprint density at radius 3 is 1.96 bits per heavy atom. The van der Waals surface area contributed by atoms with Crippen molar-refractivity contribution in [1.29, 1.82) is 0 Å². The fourth-order valence-electron chi connectivity index (χ4n) is 7.06. The zero-order valence-corrected chi connectivity index (χ0v) is 30.6. The number of benzene rings is 4. The molecule has 2 aromatic heterocycles. The normalized spacial score (nSPS) is 18.0. The monoisotopic (exact) mass is 731 g/mol. The second-order valence-corrected chi connectivity index (χ2v) is 13.8. The van der Waals surface area contributed by atoms with E-state index in [0.717, 1.165) is 16.7 Å². The molecule has 0 saturated heterocycles. The lowest BCUT2D eigenvalue weighted by molar-refractivity contribution is -0.214. The highest BCUT2D eigenvalue weighted by Gasteiger charge is 2.64. The van der Waals surface area contributed by atoms with Crippen LogP contribution in [0.25, 0.3) is 17.1 Å². The number of imidazole rings is 1. The van der Waals surface area contributed by atoms with Crippen molar-refractivity contribution in [1.82, 2.24) is 19.9 Å². The number of methoxy groups -OCH3 is 2. The Kier molecular flexibility index (Phi) is 9.53. The molecule has 4 aromatic carbocycles. The number of aromatic nitrogens is 3. The number of aliphatic imine (C=N–C) groups is 1. The number of alkyl halides is 2. The molecule has 0 unspecified atom stereocenters. The van der Waals surface area contributed by atoms with Gasteiger partial charge in [-0.15, -0.1) is 0 Å².